The standard InChI is InChI=1S/C15H17NO/c1-16(2)11-10-15(17)14-9-5-7-12-6-3-4-8-13(12)14/h3-9H,10-11H2,1-2H3/i1D3,2D3. The van der Waals surface area contributed by atoms with E-state index >= 15 is 0 Å². The quantitative estimate of drug-likeness (QED) is 0.757. The van der Waals surface area contributed by atoms with Gasteiger partial charge in [-0.2, -0.15) is 0 Å². The average Bonchev–Trinajstić information content (AvgIpc) is 2.43. The largest absolute Gasteiger partial charge is 0.309 e. The van der Waals surface area contributed by atoms with Crippen molar-refractivity contribution in [3.05, 3.63) is 48.0 Å². The minimum Gasteiger partial charge on any atom is -0.309 e. The van der Waals surface area contributed by atoms with Gasteiger partial charge in [0, 0.05) is 26.8 Å². The summed E-state index contributed by atoms with van der Waals surface area (Å²) in [4.78, 5) is 12.8. The van der Waals surface area contributed by atoms with Crippen molar-refractivity contribution in [1.29, 1.82) is 0 Å². The Labute approximate surface area is 110 Å². The van der Waals surface area contributed by atoms with Crippen molar-refractivity contribution in [3.63, 3.8) is 0 Å². The molecule has 0 aliphatic rings. The summed E-state index contributed by atoms with van der Waals surface area (Å²) in [7, 11) is 0. The van der Waals surface area contributed by atoms with Gasteiger partial charge in [0.25, 0.3) is 0 Å². The van der Waals surface area contributed by atoms with E-state index in [1.807, 2.05) is 30.3 Å². The lowest BCUT2D eigenvalue weighted by Gasteiger charge is -2.09. The van der Waals surface area contributed by atoms with Gasteiger partial charge in [-0.15, -0.1) is 0 Å². The third-order valence-electron chi connectivity index (χ3n) is 2.65. The van der Waals surface area contributed by atoms with Crippen molar-refractivity contribution in [3.8, 4) is 0 Å². The summed E-state index contributed by atoms with van der Waals surface area (Å²) in [5, 5.41) is 1.68. The predicted molar refractivity (Wildman–Crippen MR) is 71.4 cm³/mol. The van der Waals surface area contributed by atoms with E-state index in [0.717, 1.165) is 10.8 Å². The highest BCUT2D eigenvalue weighted by molar-refractivity contribution is 6.08. The van der Waals surface area contributed by atoms with Gasteiger partial charge in [0.05, 0.1) is 0 Å². The van der Waals surface area contributed by atoms with Gasteiger partial charge in [0.1, 0.15) is 0 Å². The number of rotatable bonds is 4. The number of Topliss-reactive ketones (excluding diaryl/α,β-unsaturated/α-hetero) is 1. The SMILES string of the molecule is [2H]C([2H])([2H])N(CCC(=O)c1cccc2ccccc12)C([2H])([2H])[2H]. The Balaban J connectivity index is 2.21. The lowest BCUT2D eigenvalue weighted by atomic mass is 10.00. The summed E-state index contributed by atoms with van der Waals surface area (Å²) in [5.41, 5.74) is 0.471. The molecule has 2 nitrogen and oxygen atoms in total. The van der Waals surface area contributed by atoms with Gasteiger partial charge in [0.15, 0.2) is 5.78 Å². The number of ketones is 1. The smallest absolute Gasteiger partial charge is 0.164 e. The molecule has 0 bridgehead atoms. The van der Waals surface area contributed by atoms with Crippen LogP contribution in [-0.2, 0) is 0 Å². The first-order chi connectivity index (χ1) is 10.6. The molecule has 2 rings (SSSR count). The van der Waals surface area contributed by atoms with Crippen LogP contribution >= 0.6 is 0 Å². The van der Waals surface area contributed by atoms with Crippen LogP contribution in [0.2, 0.25) is 0 Å². The molecule has 0 aliphatic carbocycles. The van der Waals surface area contributed by atoms with E-state index in [4.69, 9.17) is 8.22 Å². The zero-order chi connectivity index (χ0) is 17.3. The monoisotopic (exact) mass is 233 g/mol. The molecular weight excluding hydrogens is 210 g/mol. The second-order valence-electron chi connectivity index (χ2n) is 3.85. The van der Waals surface area contributed by atoms with Crippen molar-refractivity contribution in [1.82, 2.24) is 4.90 Å². The van der Waals surface area contributed by atoms with Crippen LogP contribution < -0.4 is 0 Å². The number of carbonyl (C=O) groups excluding carboxylic acids is 1. The van der Waals surface area contributed by atoms with Gasteiger partial charge in [-0.05, 0) is 24.7 Å². The fourth-order valence-electron chi connectivity index (χ4n) is 1.82. The van der Waals surface area contributed by atoms with Crippen molar-refractivity contribution in [2.45, 2.75) is 6.42 Å². The molecule has 17 heavy (non-hydrogen) atoms. The van der Waals surface area contributed by atoms with Gasteiger partial charge >= 0.3 is 0 Å². The molecule has 2 aromatic carbocycles. The molecule has 0 aliphatic heterocycles. The third-order valence-corrected chi connectivity index (χ3v) is 2.65. The Morgan fingerprint density at radius 1 is 1.18 bits per heavy atom. The van der Waals surface area contributed by atoms with Crippen LogP contribution in [0.1, 0.15) is 25.0 Å². The molecule has 2 heteroatoms. The summed E-state index contributed by atoms with van der Waals surface area (Å²) in [6.45, 7) is -5.90. The van der Waals surface area contributed by atoms with Crippen LogP contribution in [0.4, 0.5) is 0 Å². The molecular formula is C15H17NO. The number of hydrogen-bond donors (Lipinski definition) is 0. The molecule has 0 aromatic heterocycles. The van der Waals surface area contributed by atoms with Gasteiger partial charge in [-0.25, -0.2) is 0 Å². The Morgan fingerprint density at radius 3 is 2.76 bits per heavy atom. The van der Waals surface area contributed by atoms with E-state index in [0.29, 0.717) is 10.5 Å². The topological polar surface area (TPSA) is 20.3 Å². The highest BCUT2D eigenvalue weighted by Gasteiger charge is 2.09. The van der Waals surface area contributed by atoms with Crippen LogP contribution in [0.15, 0.2) is 42.5 Å². The summed E-state index contributed by atoms with van der Waals surface area (Å²) < 4.78 is 43.9. The van der Waals surface area contributed by atoms with E-state index < -0.39 is 14.0 Å². The van der Waals surface area contributed by atoms with E-state index in [1.54, 1.807) is 12.1 Å². The Bertz CT molecular complexity index is 688. The van der Waals surface area contributed by atoms with Crippen molar-refractivity contribution in [2.75, 3.05) is 20.5 Å². The zero-order valence-electron chi connectivity index (χ0n) is 15.3. The lowest BCUT2D eigenvalue weighted by Crippen LogP contribution is -2.16. The molecule has 2 aromatic rings. The number of hydrogen-bond acceptors (Lipinski definition) is 2. The molecule has 0 fully saturated rings. The normalized spacial score (nSPS) is 17.7. The van der Waals surface area contributed by atoms with Gasteiger partial charge in [-0.1, -0.05) is 42.5 Å². The van der Waals surface area contributed by atoms with E-state index in [2.05, 4.69) is 0 Å². The Morgan fingerprint density at radius 2 is 1.94 bits per heavy atom. The first-order valence-electron chi connectivity index (χ1n) is 8.39. The maximum Gasteiger partial charge on any atom is 0.164 e. The van der Waals surface area contributed by atoms with Crippen molar-refractivity contribution in [2.24, 2.45) is 0 Å². The number of carbonyl (C=O) groups is 1. The Kier molecular flexibility index (Phi) is 1.90. The summed E-state index contributed by atoms with van der Waals surface area (Å²) >= 11 is 0. The highest BCUT2D eigenvalue weighted by Crippen LogP contribution is 2.19. The first kappa shape index (κ1) is 6.31. The zero-order valence-corrected chi connectivity index (χ0v) is 9.31. The van der Waals surface area contributed by atoms with Crippen LogP contribution in [-0.4, -0.2) is 31.2 Å². The summed E-state index contributed by atoms with van der Waals surface area (Å²) in [5.74, 6) is -0.277. The maximum atomic E-state index is 12.4. The number of benzene rings is 2. The van der Waals surface area contributed by atoms with E-state index in [-0.39, 0.29) is 18.7 Å². The fraction of sp³-hybridized carbons (Fsp3) is 0.267. The van der Waals surface area contributed by atoms with Crippen LogP contribution in [0.25, 0.3) is 10.8 Å². The summed E-state index contributed by atoms with van der Waals surface area (Å²) in [6, 6.07) is 12.7. The van der Waals surface area contributed by atoms with Crippen LogP contribution in [0.5, 0.6) is 0 Å². The average molecular weight is 233 g/mol. The van der Waals surface area contributed by atoms with Crippen LogP contribution in [0, 0.1) is 0 Å². The predicted octanol–water partition coefficient (Wildman–Crippen LogP) is 2.97. The van der Waals surface area contributed by atoms with E-state index in [9.17, 15) is 4.79 Å². The first-order valence-corrected chi connectivity index (χ1v) is 5.39. The molecule has 0 amide bonds. The number of fused-ring (bicyclic) bond motifs is 1. The van der Waals surface area contributed by atoms with Gasteiger partial charge < -0.3 is 4.90 Å². The molecule has 0 unspecified atom stereocenters. The van der Waals surface area contributed by atoms with Gasteiger partial charge in [-0.3, -0.25) is 4.79 Å². The molecule has 0 N–H and O–H groups in total. The fourth-order valence-corrected chi connectivity index (χ4v) is 1.82. The van der Waals surface area contributed by atoms with Crippen molar-refractivity contribution < 1.29 is 13.0 Å². The lowest BCUT2D eigenvalue weighted by molar-refractivity contribution is 0.0974. The molecule has 88 valence electrons. The van der Waals surface area contributed by atoms with Crippen molar-refractivity contribution >= 4 is 16.6 Å². The molecule has 0 heterocycles. The molecule has 0 saturated carbocycles. The molecule has 0 atom stereocenters. The third kappa shape index (κ3) is 2.71. The Hall–Kier alpha value is -1.67. The molecule has 0 saturated heterocycles. The van der Waals surface area contributed by atoms with Crippen LogP contribution in [0.3, 0.4) is 0 Å². The van der Waals surface area contributed by atoms with Gasteiger partial charge in [0.2, 0.25) is 0 Å². The highest BCUT2D eigenvalue weighted by atomic mass is 16.1. The van der Waals surface area contributed by atoms with E-state index in [1.165, 1.54) is 0 Å². The number of nitrogens with zero attached hydrogens (tertiary/aromatic N) is 1. The second-order valence-corrected chi connectivity index (χ2v) is 3.85. The maximum absolute atomic E-state index is 12.4. The molecule has 0 spiro atoms. The minimum absolute atomic E-state index is 0.176. The minimum atomic E-state index is -2.77. The second kappa shape index (κ2) is 5.11. The summed E-state index contributed by atoms with van der Waals surface area (Å²) in [6.07, 6.45) is -0.176. The molecule has 0 radical (unpaired) electrons.